The van der Waals surface area contributed by atoms with Crippen LogP contribution in [0.1, 0.15) is 46.0 Å². The van der Waals surface area contributed by atoms with Crippen molar-refractivity contribution in [2.24, 2.45) is 0 Å². The molecule has 1 saturated carbocycles. The summed E-state index contributed by atoms with van der Waals surface area (Å²) in [6.07, 6.45) is 5.42. The normalized spacial score (nSPS) is 16.3. The molecule has 0 aromatic heterocycles. The van der Waals surface area contributed by atoms with E-state index in [2.05, 4.69) is 29.4 Å². The predicted octanol–water partition coefficient (Wildman–Crippen LogP) is 1.49. The highest BCUT2D eigenvalue weighted by molar-refractivity contribution is 5.94. The smallest absolute Gasteiger partial charge is 0.321 e. The van der Waals surface area contributed by atoms with Crippen LogP contribution in [-0.4, -0.2) is 42.5 Å². The first-order chi connectivity index (χ1) is 8.54. The van der Waals surface area contributed by atoms with Crippen molar-refractivity contribution in [1.29, 1.82) is 0 Å². The van der Waals surface area contributed by atoms with E-state index in [0.717, 1.165) is 6.54 Å². The number of amides is 3. The monoisotopic (exact) mass is 255 g/mol. The summed E-state index contributed by atoms with van der Waals surface area (Å²) >= 11 is 0. The number of urea groups is 1. The Hall–Kier alpha value is -1.10. The van der Waals surface area contributed by atoms with Crippen LogP contribution in [0.4, 0.5) is 4.79 Å². The van der Waals surface area contributed by atoms with Crippen LogP contribution in [0.2, 0.25) is 0 Å². The van der Waals surface area contributed by atoms with Gasteiger partial charge in [0.1, 0.15) is 0 Å². The third-order valence-electron chi connectivity index (χ3n) is 3.53. The van der Waals surface area contributed by atoms with Crippen LogP contribution in [0.5, 0.6) is 0 Å². The minimum Gasteiger partial charge on any atom is -0.341 e. The predicted molar refractivity (Wildman–Crippen MR) is 71.3 cm³/mol. The number of carbonyl (C=O) groups is 2. The summed E-state index contributed by atoms with van der Waals surface area (Å²) in [7, 11) is 1.50. The number of carbonyl (C=O) groups excluding carboxylic acids is 2. The second kappa shape index (κ2) is 7.36. The first-order valence-electron chi connectivity index (χ1n) is 6.82. The van der Waals surface area contributed by atoms with Gasteiger partial charge in [0.2, 0.25) is 5.91 Å². The minimum absolute atomic E-state index is 0.210. The average molecular weight is 255 g/mol. The van der Waals surface area contributed by atoms with E-state index in [-0.39, 0.29) is 5.91 Å². The molecular formula is C13H25N3O2. The second-order valence-electron chi connectivity index (χ2n) is 5.15. The maximum atomic E-state index is 11.6. The molecule has 0 atom stereocenters. The SMILES string of the molecule is CNC(=O)NC(=O)CCN(C(C)C)C1CCCC1. The van der Waals surface area contributed by atoms with E-state index in [1.165, 1.54) is 32.7 Å². The van der Waals surface area contributed by atoms with E-state index in [9.17, 15) is 9.59 Å². The van der Waals surface area contributed by atoms with Crippen LogP contribution < -0.4 is 10.6 Å². The summed E-state index contributed by atoms with van der Waals surface area (Å²) in [6, 6.07) is 0.621. The van der Waals surface area contributed by atoms with E-state index < -0.39 is 6.03 Å². The molecule has 0 radical (unpaired) electrons. The Balaban J connectivity index is 2.37. The molecule has 0 bridgehead atoms. The molecule has 5 nitrogen and oxygen atoms in total. The molecule has 0 aliphatic heterocycles. The Bertz CT molecular complexity index is 286. The maximum absolute atomic E-state index is 11.6. The molecule has 0 heterocycles. The number of rotatable bonds is 5. The topological polar surface area (TPSA) is 61.4 Å². The Kier molecular flexibility index (Phi) is 6.12. The molecule has 5 heteroatoms. The van der Waals surface area contributed by atoms with Crippen LogP contribution in [0, 0.1) is 0 Å². The Morgan fingerprint density at radius 3 is 2.39 bits per heavy atom. The van der Waals surface area contributed by atoms with E-state index >= 15 is 0 Å². The highest BCUT2D eigenvalue weighted by Gasteiger charge is 2.24. The van der Waals surface area contributed by atoms with Crippen molar-refractivity contribution in [1.82, 2.24) is 15.5 Å². The highest BCUT2D eigenvalue weighted by Crippen LogP contribution is 2.25. The number of nitrogens with one attached hydrogen (secondary N) is 2. The molecule has 1 fully saturated rings. The zero-order valence-electron chi connectivity index (χ0n) is 11.7. The molecule has 3 amide bonds. The lowest BCUT2D eigenvalue weighted by molar-refractivity contribution is -0.120. The standard InChI is InChI=1S/C13H25N3O2/c1-10(2)16(11-6-4-5-7-11)9-8-12(17)15-13(18)14-3/h10-11H,4-9H2,1-3H3,(H2,14,15,17,18). The number of hydrogen-bond acceptors (Lipinski definition) is 3. The van der Waals surface area contributed by atoms with Gasteiger partial charge in [0.05, 0.1) is 0 Å². The van der Waals surface area contributed by atoms with Crippen molar-refractivity contribution in [3.05, 3.63) is 0 Å². The fourth-order valence-electron chi connectivity index (χ4n) is 2.58. The Labute approximate surface area is 109 Å². The molecule has 1 aliphatic carbocycles. The van der Waals surface area contributed by atoms with Gasteiger partial charge in [-0.3, -0.25) is 15.0 Å². The maximum Gasteiger partial charge on any atom is 0.321 e. The third-order valence-corrected chi connectivity index (χ3v) is 3.53. The van der Waals surface area contributed by atoms with Crippen molar-refractivity contribution < 1.29 is 9.59 Å². The molecule has 2 N–H and O–H groups in total. The molecule has 104 valence electrons. The van der Waals surface area contributed by atoms with Crippen LogP contribution in [-0.2, 0) is 4.79 Å². The summed E-state index contributed by atoms with van der Waals surface area (Å²) in [5.74, 6) is -0.210. The quantitative estimate of drug-likeness (QED) is 0.782. The Morgan fingerprint density at radius 2 is 1.89 bits per heavy atom. The van der Waals surface area contributed by atoms with Gasteiger partial charge in [0, 0.05) is 32.1 Å². The Morgan fingerprint density at radius 1 is 1.28 bits per heavy atom. The fraction of sp³-hybridized carbons (Fsp3) is 0.846. The van der Waals surface area contributed by atoms with Crippen molar-refractivity contribution in [3.8, 4) is 0 Å². The van der Waals surface area contributed by atoms with Crippen LogP contribution in [0.15, 0.2) is 0 Å². The van der Waals surface area contributed by atoms with Gasteiger partial charge in [-0.25, -0.2) is 4.79 Å². The lowest BCUT2D eigenvalue weighted by Gasteiger charge is -2.32. The van der Waals surface area contributed by atoms with E-state index in [4.69, 9.17) is 0 Å². The molecular weight excluding hydrogens is 230 g/mol. The summed E-state index contributed by atoms with van der Waals surface area (Å²) < 4.78 is 0. The van der Waals surface area contributed by atoms with Gasteiger partial charge in [0.25, 0.3) is 0 Å². The van der Waals surface area contributed by atoms with Gasteiger partial charge >= 0.3 is 6.03 Å². The first-order valence-corrected chi connectivity index (χ1v) is 6.82. The summed E-state index contributed by atoms with van der Waals surface area (Å²) in [5.41, 5.74) is 0. The molecule has 0 unspecified atom stereocenters. The summed E-state index contributed by atoms with van der Waals surface area (Å²) in [4.78, 5) is 24.9. The van der Waals surface area contributed by atoms with Crippen molar-refractivity contribution in [2.45, 2.75) is 58.0 Å². The van der Waals surface area contributed by atoms with E-state index in [1.54, 1.807) is 0 Å². The van der Waals surface area contributed by atoms with E-state index in [1.807, 2.05) is 0 Å². The van der Waals surface area contributed by atoms with Crippen LogP contribution in [0.25, 0.3) is 0 Å². The fourth-order valence-corrected chi connectivity index (χ4v) is 2.58. The number of nitrogens with zero attached hydrogens (tertiary/aromatic N) is 1. The molecule has 1 rings (SSSR count). The molecule has 0 saturated heterocycles. The highest BCUT2D eigenvalue weighted by atomic mass is 16.2. The lowest BCUT2D eigenvalue weighted by Crippen LogP contribution is -2.43. The van der Waals surface area contributed by atoms with Crippen LogP contribution in [0.3, 0.4) is 0 Å². The van der Waals surface area contributed by atoms with Gasteiger partial charge < -0.3 is 5.32 Å². The minimum atomic E-state index is -0.433. The zero-order chi connectivity index (χ0) is 13.5. The molecule has 1 aliphatic rings. The third kappa shape index (κ3) is 4.64. The van der Waals surface area contributed by atoms with Gasteiger partial charge in [-0.05, 0) is 26.7 Å². The largest absolute Gasteiger partial charge is 0.341 e. The number of hydrogen-bond donors (Lipinski definition) is 2. The number of imide groups is 1. The van der Waals surface area contributed by atoms with Gasteiger partial charge in [-0.1, -0.05) is 12.8 Å². The van der Waals surface area contributed by atoms with Crippen molar-refractivity contribution in [3.63, 3.8) is 0 Å². The molecule has 0 aromatic carbocycles. The van der Waals surface area contributed by atoms with E-state index in [0.29, 0.717) is 18.5 Å². The average Bonchev–Trinajstić information content (AvgIpc) is 2.82. The molecule has 0 aromatic rings. The van der Waals surface area contributed by atoms with Crippen LogP contribution >= 0.6 is 0 Å². The molecule has 18 heavy (non-hydrogen) atoms. The first kappa shape index (κ1) is 15.0. The van der Waals surface area contributed by atoms with Gasteiger partial charge in [0.15, 0.2) is 0 Å². The van der Waals surface area contributed by atoms with Crippen molar-refractivity contribution >= 4 is 11.9 Å². The van der Waals surface area contributed by atoms with Gasteiger partial charge in [-0.2, -0.15) is 0 Å². The lowest BCUT2D eigenvalue weighted by atomic mass is 10.1. The second-order valence-corrected chi connectivity index (χ2v) is 5.15. The summed E-state index contributed by atoms with van der Waals surface area (Å²) in [5, 5.41) is 4.68. The van der Waals surface area contributed by atoms with Crippen molar-refractivity contribution in [2.75, 3.05) is 13.6 Å². The summed E-state index contributed by atoms with van der Waals surface area (Å²) in [6.45, 7) is 5.05. The zero-order valence-corrected chi connectivity index (χ0v) is 11.7. The molecule has 0 spiro atoms. The van der Waals surface area contributed by atoms with Gasteiger partial charge in [-0.15, -0.1) is 0 Å².